The van der Waals surface area contributed by atoms with Crippen LogP contribution in [0.3, 0.4) is 0 Å². The van der Waals surface area contributed by atoms with E-state index >= 15 is 0 Å². The van der Waals surface area contributed by atoms with Gasteiger partial charge in [-0.15, -0.1) is 0 Å². The van der Waals surface area contributed by atoms with Gasteiger partial charge in [0.15, 0.2) is 11.5 Å². The molecule has 0 saturated carbocycles. The highest BCUT2D eigenvalue weighted by molar-refractivity contribution is 9.10. The third-order valence-electron chi connectivity index (χ3n) is 1.81. The van der Waals surface area contributed by atoms with Crippen molar-refractivity contribution in [2.75, 3.05) is 6.61 Å². The largest absolute Gasteiger partial charge is 0.490 e. The second-order valence-electron chi connectivity index (χ2n) is 3.09. The Balaban J connectivity index is 3.19. The SMILES string of the molecule is CCOc1cc(C=NO)c(Br)cc1OC(C)=O. The Bertz CT molecular complexity index is 445. The summed E-state index contributed by atoms with van der Waals surface area (Å²) in [6.45, 7) is 3.57. The molecule has 0 bridgehead atoms. The Morgan fingerprint density at radius 2 is 2.24 bits per heavy atom. The molecule has 6 heteroatoms. The summed E-state index contributed by atoms with van der Waals surface area (Å²) in [5, 5.41) is 11.4. The van der Waals surface area contributed by atoms with Gasteiger partial charge in [-0.1, -0.05) is 5.16 Å². The number of hydrogen-bond acceptors (Lipinski definition) is 5. The molecule has 0 spiro atoms. The van der Waals surface area contributed by atoms with Crippen LogP contribution in [0.1, 0.15) is 19.4 Å². The zero-order chi connectivity index (χ0) is 12.8. The summed E-state index contributed by atoms with van der Waals surface area (Å²) in [5.74, 6) is 0.309. The van der Waals surface area contributed by atoms with Crippen molar-refractivity contribution in [2.45, 2.75) is 13.8 Å². The van der Waals surface area contributed by atoms with Gasteiger partial charge < -0.3 is 14.7 Å². The number of ether oxygens (including phenoxy) is 2. The predicted octanol–water partition coefficient (Wildman–Crippen LogP) is 2.58. The smallest absolute Gasteiger partial charge is 0.308 e. The molecule has 0 radical (unpaired) electrons. The average Bonchev–Trinajstić information content (AvgIpc) is 2.24. The quantitative estimate of drug-likeness (QED) is 0.305. The van der Waals surface area contributed by atoms with Gasteiger partial charge in [0.1, 0.15) is 0 Å². The minimum Gasteiger partial charge on any atom is -0.490 e. The monoisotopic (exact) mass is 301 g/mol. The molecule has 0 amide bonds. The van der Waals surface area contributed by atoms with Crippen LogP contribution in [0, 0.1) is 0 Å². The fourth-order valence-electron chi connectivity index (χ4n) is 1.21. The van der Waals surface area contributed by atoms with Crippen molar-refractivity contribution in [1.29, 1.82) is 0 Å². The summed E-state index contributed by atoms with van der Waals surface area (Å²) in [4.78, 5) is 10.9. The van der Waals surface area contributed by atoms with Crippen LogP contribution in [0.15, 0.2) is 21.8 Å². The molecule has 0 atom stereocenters. The average molecular weight is 302 g/mol. The number of oxime groups is 1. The van der Waals surface area contributed by atoms with Crippen LogP contribution >= 0.6 is 15.9 Å². The molecular formula is C11H12BrNO4. The number of carbonyl (C=O) groups is 1. The van der Waals surface area contributed by atoms with Gasteiger partial charge in [-0.3, -0.25) is 4.79 Å². The molecule has 1 N–H and O–H groups in total. The standard InChI is InChI=1S/C11H12BrNO4/c1-3-16-10-4-8(6-13-15)9(12)5-11(10)17-7(2)14/h4-6,15H,3H2,1-2H3. The summed E-state index contributed by atoms with van der Waals surface area (Å²) < 4.78 is 11.0. The fourth-order valence-corrected chi connectivity index (χ4v) is 1.64. The molecule has 1 aromatic rings. The van der Waals surface area contributed by atoms with E-state index in [0.29, 0.717) is 28.1 Å². The summed E-state index contributed by atoms with van der Waals surface area (Å²) in [5.41, 5.74) is 0.617. The van der Waals surface area contributed by atoms with Gasteiger partial charge in [0.2, 0.25) is 0 Å². The van der Waals surface area contributed by atoms with E-state index in [1.807, 2.05) is 6.92 Å². The predicted molar refractivity (Wildman–Crippen MR) is 66.0 cm³/mol. The number of nitrogens with zero attached hydrogens (tertiary/aromatic N) is 1. The van der Waals surface area contributed by atoms with E-state index in [1.54, 1.807) is 12.1 Å². The van der Waals surface area contributed by atoms with Gasteiger partial charge in [0, 0.05) is 17.0 Å². The topological polar surface area (TPSA) is 68.1 Å². The maximum Gasteiger partial charge on any atom is 0.308 e. The normalized spacial score (nSPS) is 10.5. The molecule has 0 saturated heterocycles. The molecule has 0 aromatic heterocycles. The summed E-state index contributed by atoms with van der Waals surface area (Å²) >= 11 is 3.27. The summed E-state index contributed by atoms with van der Waals surface area (Å²) in [7, 11) is 0. The second kappa shape index (κ2) is 6.24. The Hall–Kier alpha value is -1.56. The number of hydrogen-bond donors (Lipinski definition) is 1. The van der Waals surface area contributed by atoms with E-state index in [4.69, 9.17) is 14.7 Å². The van der Waals surface area contributed by atoms with Crippen LogP contribution in [0.5, 0.6) is 11.5 Å². The van der Waals surface area contributed by atoms with Crippen LogP contribution in [-0.4, -0.2) is 24.0 Å². The number of halogens is 1. The third-order valence-corrected chi connectivity index (χ3v) is 2.50. The van der Waals surface area contributed by atoms with Crippen LogP contribution in [0.2, 0.25) is 0 Å². The van der Waals surface area contributed by atoms with Crippen molar-refractivity contribution in [3.05, 3.63) is 22.2 Å². The van der Waals surface area contributed by atoms with Crippen molar-refractivity contribution in [3.63, 3.8) is 0 Å². The van der Waals surface area contributed by atoms with Crippen LogP contribution in [-0.2, 0) is 4.79 Å². The van der Waals surface area contributed by atoms with Crippen molar-refractivity contribution < 1.29 is 19.5 Å². The maximum atomic E-state index is 10.9. The second-order valence-corrected chi connectivity index (χ2v) is 3.95. The number of benzene rings is 1. The molecule has 0 aliphatic carbocycles. The van der Waals surface area contributed by atoms with Crippen molar-refractivity contribution in [2.24, 2.45) is 5.16 Å². The first-order chi connectivity index (χ1) is 8.08. The molecular weight excluding hydrogens is 290 g/mol. The molecule has 1 aromatic carbocycles. The lowest BCUT2D eigenvalue weighted by molar-refractivity contribution is -0.132. The molecule has 92 valence electrons. The molecule has 17 heavy (non-hydrogen) atoms. The Morgan fingerprint density at radius 1 is 1.53 bits per heavy atom. The minimum absolute atomic E-state index is 0.321. The lowest BCUT2D eigenvalue weighted by Crippen LogP contribution is -2.05. The van der Waals surface area contributed by atoms with Gasteiger partial charge in [-0.25, -0.2) is 0 Å². The van der Waals surface area contributed by atoms with Crippen LogP contribution in [0.4, 0.5) is 0 Å². The van der Waals surface area contributed by atoms with Gasteiger partial charge >= 0.3 is 5.97 Å². The Morgan fingerprint density at radius 3 is 2.76 bits per heavy atom. The number of esters is 1. The highest BCUT2D eigenvalue weighted by Crippen LogP contribution is 2.33. The van der Waals surface area contributed by atoms with Crippen LogP contribution in [0.25, 0.3) is 0 Å². The zero-order valence-electron chi connectivity index (χ0n) is 9.44. The molecule has 5 nitrogen and oxygen atoms in total. The molecule has 0 heterocycles. The van der Waals surface area contributed by atoms with E-state index in [-0.39, 0.29) is 0 Å². The van der Waals surface area contributed by atoms with E-state index < -0.39 is 5.97 Å². The van der Waals surface area contributed by atoms with E-state index in [9.17, 15) is 4.79 Å². The highest BCUT2D eigenvalue weighted by Gasteiger charge is 2.11. The molecule has 0 fully saturated rings. The number of rotatable bonds is 4. The third kappa shape index (κ3) is 3.74. The zero-order valence-corrected chi connectivity index (χ0v) is 11.0. The summed E-state index contributed by atoms with van der Waals surface area (Å²) in [6.07, 6.45) is 1.25. The fraction of sp³-hybridized carbons (Fsp3) is 0.273. The van der Waals surface area contributed by atoms with Gasteiger partial charge in [-0.05, 0) is 35.0 Å². The van der Waals surface area contributed by atoms with Crippen molar-refractivity contribution >= 4 is 28.1 Å². The van der Waals surface area contributed by atoms with Gasteiger partial charge in [0.25, 0.3) is 0 Å². The molecule has 0 aliphatic heterocycles. The van der Waals surface area contributed by atoms with E-state index in [1.165, 1.54) is 13.1 Å². The van der Waals surface area contributed by atoms with Crippen molar-refractivity contribution in [3.8, 4) is 11.5 Å². The summed E-state index contributed by atoms with van der Waals surface area (Å²) in [6, 6.07) is 3.20. The van der Waals surface area contributed by atoms with Crippen molar-refractivity contribution in [1.82, 2.24) is 0 Å². The lowest BCUT2D eigenvalue weighted by atomic mass is 10.2. The highest BCUT2D eigenvalue weighted by atomic mass is 79.9. The van der Waals surface area contributed by atoms with E-state index in [0.717, 1.165) is 0 Å². The molecule has 1 rings (SSSR count). The first-order valence-electron chi connectivity index (χ1n) is 4.90. The first kappa shape index (κ1) is 13.5. The Kier molecular flexibility index (Phi) is 4.96. The van der Waals surface area contributed by atoms with Gasteiger partial charge in [0.05, 0.1) is 12.8 Å². The van der Waals surface area contributed by atoms with Crippen LogP contribution < -0.4 is 9.47 Å². The van der Waals surface area contributed by atoms with Gasteiger partial charge in [-0.2, -0.15) is 0 Å². The minimum atomic E-state index is -0.429. The molecule has 0 unspecified atom stereocenters. The lowest BCUT2D eigenvalue weighted by Gasteiger charge is -2.11. The molecule has 0 aliphatic rings. The number of carbonyl (C=O) groups excluding carboxylic acids is 1. The first-order valence-corrected chi connectivity index (χ1v) is 5.70. The van der Waals surface area contributed by atoms with E-state index in [2.05, 4.69) is 21.1 Å². The maximum absolute atomic E-state index is 10.9. The Labute approximate surface area is 107 Å².